The summed E-state index contributed by atoms with van der Waals surface area (Å²) in [5.41, 5.74) is 8.06. The van der Waals surface area contributed by atoms with Crippen molar-refractivity contribution in [1.82, 2.24) is 20.5 Å². The average Bonchev–Trinajstić information content (AvgIpc) is 3.44. The molecule has 1 fully saturated rings. The molecule has 1 aromatic heterocycles. The number of aromatic nitrogens is 1. The first-order valence-electron chi connectivity index (χ1n) is 11.2. The Kier molecular flexibility index (Phi) is 7.90. The van der Waals surface area contributed by atoms with Crippen LogP contribution in [0.15, 0.2) is 30.5 Å². The highest BCUT2D eigenvalue weighted by molar-refractivity contribution is 5.95. The number of rotatable bonds is 9. The van der Waals surface area contributed by atoms with Gasteiger partial charge in [-0.3, -0.25) is 19.2 Å². The van der Waals surface area contributed by atoms with E-state index in [1.807, 2.05) is 30.5 Å². The number of H-pyrrole nitrogens is 1. The number of likely N-dealkylation sites (tertiary alicyclic amines) is 1. The van der Waals surface area contributed by atoms with E-state index in [0.717, 1.165) is 16.5 Å². The van der Waals surface area contributed by atoms with E-state index in [1.165, 1.54) is 18.7 Å². The number of para-hydroxylation sites is 1. The van der Waals surface area contributed by atoms with Gasteiger partial charge in [-0.25, -0.2) is 0 Å². The average molecular weight is 474 g/mol. The zero-order valence-corrected chi connectivity index (χ0v) is 19.2. The molecule has 184 valence electrons. The molecule has 0 spiro atoms. The second-order valence-electron chi connectivity index (χ2n) is 8.66. The minimum absolute atomic E-state index is 0.291. The van der Waals surface area contributed by atoms with E-state index in [9.17, 15) is 24.3 Å². The molecule has 1 aliphatic rings. The lowest BCUT2D eigenvalue weighted by Crippen LogP contribution is -2.59. The van der Waals surface area contributed by atoms with Crippen molar-refractivity contribution in [2.75, 3.05) is 6.54 Å². The number of aliphatic hydroxyl groups excluding tert-OH is 1. The number of nitrogens with two attached hydrogens (primary N) is 1. The molecule has 1 aromatic carbocycles. The Morgan fingerprint density at radius 3 is 2.59 bits per heavy atom. The summed E-state index contributed by atoms with van der Waals surface area (Å²) in [5, 5.41) is 24.6. The third kappa shape index (κ3) is 5.54. The number of nitrogens with one attached hydrogen (secondary N) is 3. The summed E-state index contributed by atoms with van der Waals surface area (Å²) in [6, 6.07) is 3.41. The van der Waals surface area contributed by atoms with Crippen LogP contribution in [0.5, 0.6) is 0 Å². The van der Waals surface area contributed by atoms with Gasteiger partial charge in [-0.05, 0) is 44.7 Å². The maximum Gasteiger partial charge on any atom is 0.325 e. The SMILES string of the molecule is CC(NC(=O)C(NC(=O)C1CCCN1C(=O)C(N)Cc1c[nH]c2ccccc12)C(C)O)C(=O)O. The number of carboxylic acid groups (broad SMARTS) is 1. The Hall–Kier alpha value is -3.44. The number of hydrogen-bond acceptors (Lipinski definition) is 6. The summed E-state index contributed by atoms with van der Waals surface area (Å²) in [6.45, 7) is 2.93. The van der Waals surface area contributed by atoms with Crippen molar-refractivity contribution in [2.45, 2.75) is 63.4 Å². The van der Waals surface area contributed by atoms with Crippen LogP contribution < -0.4 is 16.4 Å². The Bertz CT molecular complexity index is 1070. The first-order valence-corrected chi connectivity index (χ1v) is 11.2. The van der Waals surface area contributed by atoms with Gasteiger partial charge >= 0.3 is 5.97 Å². The van der Waals surface area contributed by atoms with Gasteiger partial charge in [0.05, 0.1) is 12.1 Å². The summed E-state index contributed by atoms with van der Waals surface area (Å²) in [4.78, 5) is 54.0. The molecular weight excluding hydrogens is 442 g/mol. The quantitative estimate of drug-likeness (QED) is 0.284. The van der Waals surface area contributed by atoms with E-state index < -0.39 is 48.1 Å². The minimum atomic E-state index is -1.37. The molecule has 7 N–H and O–H groups in total. The number of nitrogens with zero attached hydrogens (tertiary/aromatic N) is 1. The zero-order valence-electron chi connectivity index (χ0n) is 19.2. The van der Waals surface area contributed by atoms with Gasteiger partial charge in [0.1, 0.15) is 18.1 Å². The Labute approximate surface area is 196 Å². The smallest absolute Gasteiger partial charge is 0.325 e. The highest BCUT2D eigenvalue weighted by Crippen LogP contribution is 2.22. The number of benzene rings is 1. The van der Waals surface area contributed by atoms with Crippen molar-refractivity contribution in [3.63, 3.8) is 0 Å². The maximum absolute atomic E-state index is 13.1. The number of hydrogen-bond donors (Lipinski definition) is 6. The summed E-state index contributed by atoms with van der Waals surface area (Å²) in [7, 11) is 0. The molecule has 0 aliphatic carbocycles. The van der Waals surface area contributed by atoms with E-state index in [4.69, 9.17) is 10.8 Å². The molecule has 11 heteroatoms. The van der Waals surface area contributed by atoms with Crippen LogP contribution in [0, 0.1) is 0 Å². The van der Waals surface area contributed by atoms with Crippen LogP contribution in [0.2, 0.25) is 0 Å². The summed E-state index contributed by atoms with van der Waals surface area (Å²) >= 11 is 0. The number of fused-ring (bicyclic) bond motifs is 1. The zero-order chi connectivity index (χ0) is 25.0. The van der Waals surface area contributed by atoms with E-state index >= 15 is 0 Å². The van der Waals surface area contributed by atoms with Crippen LogP contribution in [-0.2, 0) is 25.6 Å². The Morgan fingerprint density at radius 1 is 1.21 bits per heavy atom. The number of amides is 3. The van der Waals surface area contributed by atoms with Gasteiger partial charge in [-0.15, -0.1) is 0 Å². The first kappa shape index (κ1) is 25.2. The summed E-state index contributed by atoms with van der Waals surface area (Å²) in [6.07, 6.45) is 1.80. The van der Waals surface area contributed by atoms with Crippen LogP contribution >= 0.6 is 0 Å². The molecule has 0 bridgehead atoms. The van der Waals surface area contributed by atoms with E-state index in [1.54, 1.807) is 0 Å². The topological polar surface area (TPSA) is 178 Å². The molecule has 5 unspecified atom stereocenters. The third-order valence-electron chi connectivity index (χ3n) is 6.06. The van der Waals surface area contributed by atoms with Crippen molar-refractivity contribution in [1.29, 1.82) is 0 Å². The number of carboxylic acids is 1. The number of carbonyl (C=O) groups is 4. The van der Waals surface area contributed by atoms with Crippen molar-refractivity contribution in [2.24, 2.45) is 5.73 Å². The van der Waals surface area contributed by atoms with Crippen molar-refractivity contribution < 1.29 is 29.4 Å². The highest BCUT2D eigenvalue weighted by atomic mass is 16.4. The van der Waals surface area contributed by atoms with Crippen LogP contribution in [0.25, 0.3) is 10.9 Å². The minimum Gasteiger partial charge on any atom is -0.480 e. The van der Waals surface area contributed by atoms with Gasteiger partial charge < -0.3 is 36.5 Å². The fraction of sp³-hybridized carbons (Fsp3) is 0.478. The van der Waals surface area contributed by atoms with Crippen molar-refractivity contribution in [3.05, 3.63) is 36.0 Å². The lowest BCUT2D eigenvalue weighted by Gasteiger charge is -2.29. The maximum atomic E-state index is 13.1. The molecule has 1 saturated heterocycles. The summed E-state index contributed by atoms with van der Waals surface area (Å²) < 4.78 is 0. The third-order valence-corrected chi connectivity index (χ3v) is 6.06. The molecule has 2 aromatic rings. The lowest BCUT2D eigenvalue weighted by atomic mass is 10.0. The summed E-state index contributed by atoms with van der Waals surface area (Å²) in [5.74, 6) is -3.06. The molecule has 0 saturated carbocycles. The largest absolute Gasteiger partial charge is 0.480 e. The normalized spacial score (nSPS) is 19.3. The molecule has 11 nitrogen and oxygen atoms in total. The molecule has 3 rings (SSSR count). The Balaban J connectivity index is 1.66. The van der Waals surface area contributed by atoms with Gasteiger partial charge in [0, 0.05) is 23.6 Å². The lowest BCUT2D eigenvalue weighted by molar-refractivity contribution is -0.143. The number of aliphatic hydroxyl groups is 1. The standard InChI is InChI=1S/C23H31N5O6/c1-12(23(33)34)26-21(31)19(13(2)29)27-20(30)18-8-5-9-28(18)22(32)16(24)10-14-11-25-17-7-4-3-6-15(14)17/h3-4,6-7,11-13,16,18-19,25,29H,5,8-10,24H2,1-2H3,(H,26,31)(H,27,30)(H,33,34). The predicted octanol–water partition coefficient (Wildman–Crippen LogP) is -0.516. The molecule has 1 aliphatic heterocycles. The predicted molar refractivity (Wildman–Crippen MR) is 124 cm³/mol. The van der Waals surface area contributed by atoms with Gasteiger partial charge in [-0.1, -0.05) is 18.2 Å². The monoisotopic (exact) mass is 473 g/mol. The fourth-order valence-corrected chi connectivity index (χ4v) is 4.16. The van der Waals surface area contributed by atoms with Gasteiger partial charge in [0.15, 0.2) is 0 Å². The molecular formula is C23H31N5O6. The number of aliphatic carboxylic acids is 1. The fourth-order valence-electron chi connectivity index (χ4n) is 4.16. The first-order chi connectivity index (χ1) is 16.1. The van der Waals surface area contributed by atoms with Crippen molar-refractivity contribution >= 4 is 34.6 Å². The van der Waals surface area contributed by atoms with Gasteiger partial charge in [0.25, 0.3) is 0 Å². The second-order valence-corrected chi connectivity index (χ2v) is 8.66. The van der Waals surface area contributed by atoms with E-state index in [2.05, 4.69) is 15.6 Å². The van der Waals surface area contributed by atoms with Crippen LogP contribution in [0.4, 0.5) is 0 Å². The van der Waals surface area contributed by atoms with Crippen LogP contribution in [0.3, 0.4) is 0 Å². The molecule has 2 heterocycles. The number of aromatic amines is 1. The highest BCUT2D eigenvalue weighted by Gasteiger charge is 2.38. The van der Waals surface area contributed by atoms with E-state index in [-0.39, 0.29) is 5.91 Å². The van der Waals surface area contributed by atoms with Gasteiger partial charge in [-0.2, -0.15) is 0 Å². The van der Waals surface area contributed by atoms with E-state index in [0.29, 0.717) is 25.8 Å². The second kappa shape index (κ2) is 10.7. The Morgan fingerprint density at radius 2 is 1.91 bits per heavy atom. The number of carbonyl (C=O) groups excluding carboxylic acids is 3. The van der Waals surface area contributed by atoms with Crippen LogP contribution in [-0.4, -0.2) is 80.6 Å². The van der Waals surface area contributed by atoms with Crippen LogP contribution in [0.1, 0.15) is 32.3 Å². The van der Waals surface area contributed by atoms with Crippen molar-refractivity contribution in [3.8, 4) is 0 Å². The van der Waals surface area contributed by atoms with Gasteiger partial charge in [0.2, 0.25) is 17.7 Å². The molecule has 3 amide bonds. The molecule has 34 heavy (non-hydrogen) atoms. The molecule has 0 radical (unpaired) electrons. The molecule has 5 atom stereocenters.